The topological polar surface area (TPSA) is 42.4 Å². The van der Waals surface area contributed by atoms with Crippen LogP contribution in [0.15, 0.2) is 79.1 Å². The summed E-state index contributed by atoms with van der Waals surface area (Å²) in [5, 5.41) is 0. The predicted octanol–water partition coefficient (Wildman–Crippen LogP) is 5.16. The second-order valence-electron chi connectivity index (χ2n) is 8.18. The summed E-state index contributed by atoms with van der Waals surface area (Å²) >= 11 is 0. The first-order valence-corrected chi connectivity index (χ1v) is 11.1. The molecular formula is C27H30N2O2. The molecule has 31 heavy (non-hydrogen) atoms. The van der Waals surface area contributed by atoms with Gasteiger partial charge >= 0.3 is 5.97 Å². The average Bonchev–Trinajstić information content (AvgIpc) is 2.84. The van der Waals surface area contributed by atoms with Crippen LogP contribution in [0.25, 0.3) is 0 Å². The summed E-state index contributed by atoms with van der Waals surface area (Å²) in [4.78, 5) is 20.0. The van der Waals surface area contributed by atoms with Crippen LogP contribution >= 0.6 is 0 Å². The molecule has 3 aromatic rings. The van der Waals surface area contributed by atoms with Crippen molar-refractivity contribution in [2.24, 2.45) is 5.92 Å². The minimum absolute atomic E-state index is 0.0579. The van der Waals surface area contributed by atoms with E-state index in [1.54, 1.807) is 6.20 Å². The lowest BCUT2D eigenvalue weighted by Gasteiger charge is -2.45. The number of methoxy groups -OCH3 is 1. The Hall–Kier alpha value is -2.98. The lowest BCUT2D eigenvalue weighted by molar-refractivity contribution is -0.151. The molecule has 1 aliphatic rings. The van der Waals surface area contributed by atoms with E-state index in [0.717, 1.165) is 37.1 Å². The Morgan fingerprint density at radius 3 is 2.55 bits per heavy atom. The van der Waals surface area contributed by atoms with Gasteiger partial charge < -0.3 is 4.74 Å². The van der Waals surface area contributed by atoms with Crippen LogP contribution in [0.5, 0.6) is 0 Å². The van der Waals surface area contributed by atoms with Crippen LogP contribution < -0.4 is 0 Å². The van der Waals surface area contributed by atoms with Crippen LogP contribution in [0, 0.1) is 5.92 Å². The van der Waals surface area contributed by atoms with Gasteiger partial charge in [0, 0.05) is 30.9 Å². The number of aromatic nitrogens is 1. The van der Waals surface area contributed by atoms with Crippen molar-refractivity contribution in [3.8, 4) is 0 Å². The molecule has 0 bridgehead atoms. The first-order chi connectivity index (χ1) is 15.2. The number of nitrogens with zero attached hydrogens (tertiary/aromatic N) is 2. The highest BCUT2D eigenvalue weighted by molar-refractivity contribution is 5.75. The SMILES string of the molecule is CCc1ccccc1[C@@H]1CCN(Cc2cccnc2)[C@@H](c2ccccc2)[C@H]1C(=O)OC. The second kappa shape index (κ2) is 9.88. The van der Waals surface area contributed by atoms with Gasteiger partial charge in [-0.3, -0.25) is 14.7 Å². The van der Waals surface area contributed by atoms with Crippen molar-refractivity contribution in [3.63, 3.8) is 0 Å². The molecule has 0 unspecified atom stereocenters. The highest BCUT2D eigenvalue weighted by Gasteiger charge is 2.44. The van der Waals surface area contributed by atoms with Crippen LogP contribution in [-0.2, 0) is 22.5 Å². The molecule has 4 nitrogen and oxygen atoms in total. The third-order valence-electron chi connectivity index (χ3n) is 6.45. The highest BCUT2D eigenvalue weighted by atomic mass is 16.5. The number of pyridine rings is 1. The second-order valence-corrected chi connectivity index (χ2v) is 8.18. The van der Waals surface area contributed by atoms with Gasteiger partial charge in [0.2, 0.25) is 0 Å². The van der Waals surface area contributed by atoms with Crippen molar-refractivity contribution in [2.75, 3.05) is 13.7 Å². The van der Waals surface area contributed by atoms with Crippen molar-refractivity contribution in [1.29, 1.82) is 0 Å². The van der Waals surface area contributed by atoms with Gasteiger partial charge in [-0.05, 0) is 47.7 Å². The maximum absolute atomic E-state index is 13.3. The lowest BCUT2D eigenvalue weighted by atomic mass is 9.72. The smallest absolute Gasteiger partial charge is 0.311 e. The standard InChI is InChI=1S/C27H30N2O2/c1-3-21-11-7-8-14-23(21)24-15-17-29(19-20-10-9-16-28-18-20)26(25(24)27(30)31-2)22-12-5-4-6-13-22/h4-14,16,18,24-26H,3,15,17,19H2,1-2H3/t24-,25-,26-/m0/s1. The third-order valence-corrected chi connectivity index (χ3v) is 6.45. The van der Waals surface area contributed by atoms with Crippen LogP contribution in [0.2, 0.25) is 0 Å². The maximum atomic E-state index is 13.3. The predicted molar refractivity (Wildman–Crippen MR) is 123 cm³/mol. The van der Waals surface area contributed by atoms with Gasteiger partial charge in [0.1, 0.15) is 0 Å². The number of hydrogen-bond acceptors (Lipinski definition) is 4. The first kappa shape index (κ1) is 21.3. The number of benzene rings is 2. The molecule has 1 aliphatic heterocycles. The number of carbonyl (C=O) groups excluding carboxylic acids is 1. The molecule has 0 N–H and O–H groups in total. The van der Waals surface area contributed by atoms with Gasteiger partial charge in [0.25, 0.3) is 0 Å². The first-order valence-electron chi connectivity index (χ1n) is 11.1. The third kappa shape index (κ3) is 4.54. The van der Waals surface area contributed by atoms with Crippen molar-refractivity contribution >= 4 is 5.97 Å². The number of ether oxygens (including phenoxy) is 1. The van der Waals surface area contributed by atoms with E-state index in [9.17, 15) is 4.79 Å². The summed E-state index contributed by atoms with van der Waals surface area (Å²) in [6.07, 6.45) is 5.58. The zero-order valence-corrected chi connectivity index (χ0v) is 18.3. The molecule has 4 rings (SSSR count). The Labute approximate surface area is 184 Å². The van der Waals surface area contributed by atoms with Crippen molar-refractivity contribution < 1.29 is 9.53 Å². The van der Waals surface area contributed by atoms with Crippen LogP contribution in [-0.4, -0.2) is 29.5 Å². The van der Waals surface area contributed by atoms with Crippen LogP contribution in [0.4, 0.5) is 0 Å². The summed E-state index contributed by atoms with van der Waals surface area (Å²) < 4.78 is 5.39. The molecule has 4 heteroatoms. The molecule has 1 aromatic heterocycles. The largest absolute Gasteiger partial charge is 0.469 e. The van der Waals surface area contributed by atoms with E-state index in [2.05, 4.69) is 71.4 Å². The van der Waals surface area contributed by atoms with Crippen molar-refractivity contribution in [2.45, 2.75) is 38.3 Å². The summed E-state index contributed by atoms with van der Waals surface area (Å²) in [5.74, 6) is -0.287. The quantitative estimate of drug-likeness (QED) is 0.522. The fourth-order valence-corrected chi connectivity index (χ4v) is 5.04. The Morgan fingerprint density at radius 1 is 1.06 bits per heavy atom. The Balaban J connectivity index is 1.78. The molecule has 0 aliphatic carbocycles. The van der Waals surface area contributed by atoms with Gasteiger partial charge in [-0.25, -0.2) is 0 Å². The van der Waals surface area contributed by atoms with Crippen molar-refractivity contribution in [1.82, 2.24) is 9.88 Å². The zero-order chi connectivity index (χ0) is 21.6. The number of hydrogen-bond donors (Lipinski definition) is 0. The summed E-state index contributed by atoms with van der Waals surface area (Å²) in [6.45, 7) is 3.84. The van der Waals surface area contributed by atoms with E-state index in [-0.39, 0.29) is 23.8 Å². The maximum Gasteiger partial charge on any atom is 0.311 e. The number of rotatable bonds is 6. The normalized spacial score (nSPS) is 21.5. The molecule has 160 valence electrons. The molecule has 0 amide bonds. The molecule has 2 heterocycles. The fourth-order valence-electron chi connectivity index (χ4n) is 5.04. The minimum atomic E-state index is -0.273. The Kier molecular flexibility index (Phi) is 6.78. The highest BCUT2D eigenvalue weighted by Crippen LogP contribution is 2.46. The lowest BCUT2D eigenvalue weighted by Crippen LogP contribution is -2.45. The molecule has 1 saturated heterocycles. The van der Waals surface area contributed by atoms with E-state index < -0.39 is 0 Å². The molecule has 0 saturated carbocycles. The van der Waals surface area contributed by atoms with E-state index in [1.165, 1.54) is 18.2 Å². The van der Waals surface area contributed by atoms with Gasteiger partial charge in [-0.2, -0.15) is 0 Å². The zero-order valence-electron chi connectivity index (χ0n) is 18.3. The molecule has 0 radical (unpaired) electrons. The van der Waals surface area contributed by atoms with Crippen molar-refractivity contribution in [3.05, 3.63) is 101 Å². The summed E-state index contributed by atoms with van der Waals surface area (Å²) in [6, 6.07) is 22.9. The Morgan fingerprint density at radius 2 is 1.84 bits per heavy atom. The average molecular weight is 415 g/mol. The van der Waals surface area contributed by atoms with Gasteiger partial charge in [0.15, 0.2) is 0 Å². The molecule has 1 fully saturated rings. The Bertz CT molecular complexity index is 990. The van der Waals surface area contributed by atoms with Gasteiger partial charge in [-0.15, -0.1) is 0 Å². The summed E-state index contributed by atoms with van der Waals surface area (Å²) in [7, 11) is 1.51. The number of aryl methyl sites for hydroxylation is 1. The molecular weight excluding hydrogens is 384 g/mol. The van der Waals surface area contributed by atoms with Crippen LogP contribution in [0.1, 0.15) is 47.6 Å². The number of likely N-dealkylation sites (tertiary alicyclic amines) is 1. The summed E-state index contributed by atoms with van der Waals surface area (Å²) in [5.41, 5.74) is 4.90. The monoisotopic (exact) mass is 414 g/mol. The molecule has 2 aromatic carbocycles. The number of carbonyl (C=O) groups is 1. The molecule has 0 spiro atoms. The van der Waals surface area contributed by atoms with E-state index in [1.807, 2.05) is 18.3 Å². The van der Waals surface area contributed by atoms with E-state index >= 15 is 0 Å². The minimum Gasteiger partial charge on any atom is -0.469 e. The number of esters is 1. The van der Waals surface area contributed by atoms with Gasteiger partial charge in [0.05, 0.1) is 13.0 Å². The molecule has 3 atom stereocenters. The van der Waals surface area contributed by atoms with E-state index in [0.29, 0.717) is 0 Å². The van der Waals surface area contributed by atoms with Crippen LogP contribution in [0.3, 0.4) is 0 Å². The van der Waals surface area contributed by atoms with Gasteiger partial charge in [-0.1, -0.05) is 67.6 Å². The van der Waals surface area contributed by atoms with E-state index in [4.69, 9.17) is 4.74 Å². The number of piperidine rings is 1. The fraction of sp³-hybridized carbons (Fsp3) is 0.333.